The summed E-state index contributed by atoms with van der Waals surface area (Å²) in [4.78, 5) is 16.8. The lowest BCUT2D eigenvalue weighted by Crippen LogP contribution is -2.16. The van der Waals surface area contributed by atoms with Gasteiger partial charge in [-0.3, -0.25) is 4.98 Å². The molecule has 82 valence electrons. The molecule has 0 unspecified atom stereocenters. The minimum Gasteiger partial charge on any atom is -0.476 e. The van der Waals surface area contributed by atoms with Crippen molar-refractivity contribution >= 4 is 21.9 Å². The Labute approximate surface area is 90.3 Å². The van der Waals surface area contributed by atoms with Crippen molar-refractivity contribution < 1.29 is 23.1 Å². The van der Waals surface area contributed by atoms with Crippen molar-refractivity contribution in [2.45, 2.75) is 11.5 Å². The van der Waals surface area contributed by atoms with Gasteiger partial charge in [-0.1, -0.05) is 15.9 Å². The number of carbonyl (C=O) groups is 1. The first kappa shape index (κ1) is 11.9. The van der Waals surface area contributed by atoms with E-state index in [9.17, 15) is 18.0 Å². The minimum absolute atomic E-state index is 0.144. The first-order valence-electron chi connectivity index (χ1n) is 3.58. The topological polar surface area (TPSA) is 63.1 Å². The molecule has 0 aliphatic rings. The average Bonchev–Trinajstić information content (AvgIpc) is 2.15. The molecule has 0 amide bonds. The zero-order valence-electron chi connectivity index (χ0n) is 7.05. The van der Waals surface area contributed by atoms with Crippen LogP contribution < -0.4 is 0 Å². The van der Waals surface area contributed by atoms with Crippen molar-refractivity contribution in [1.82, 2.24) is 9.97 Å². The van der Waals surface area contributed by atoms with Crippen LogP contribution in [0, 0.1) is 0 Å². The lowest BCUT2D eigenvalue weighted by Gasteiger charge is -2.09. The Morgan fingerprint density at radius 1 is 1.53 bits per heavy atom. The molecule has 0 radical (unpaired) electrons. The lowest BCUT2D eigenvalue weighted by atomic mass is 10.3. The Balaban J connectivity index is 3.32. The van der Waals surface area contributed by atoms with Crippen molar-refractivity contribution in [2.24, 2.45) is 0 Å². The number of aromatic carboxylic acids is 1. The highest BCUT2D eigenvalue weighted by Crippen LogP contribution is 2.30. The Bertz CT molecular complexity index is 394. The van der Waals surface area contributed by atoms with Crippen molar-refractivity contribution in [3.8, 4) is 0 Å². The molecular weight excluding hydrogens is 281 g/mol. The normalized spacial score (nSPS) is 11.5. The highest BCUT2D eigenvalue weighted by molar-refractivity contribution is 9.08. The van der Waals surface area contributed by atoms with E-state index in [1.54, 1.807) is 0 Å². The SMILES string of the molecule is O=C(O)c1cnc(CBr)c(C(F)(F)F)n1. The second kappa shape index (κ2) is 4.13. The zero-order valence-corrected chi connectivity index (χ0v) is 8.63. The van der Waals surface area contributed by atoms with Crippen LogP contribution in [-0.4, -0.2) is 21.0 Å². The molecule has 0 saturated carbocycles. The molecule has 0 bridgehead atoms. The molecule has 0 aliphatic carbocycles. The number of alkyl halides is 4. The van der Waals surface area contributed by atoms with Crippen LogP contribution in [0.1, 0.15) is 21.9 Å². The summed E-state index contributed by atoms with van der Waals surface area (Å²) in [7, 11) is 0. The predicted molar refractivity (Wildman–Crippen MR) is 46.6 cm³/mol. The van der Waals surface area contributed by atoms with Crippen molar-refractivity contribution in [2.75, 3.05) is 0 Å². The molecule has 0 aliphatic heterocycles. The number of hydrogen-bond acceptors (Lipinski definition) is 3. The summed E-state index contributed by atoms with van der Waals surface area (Å²) >= 11 is 2.81. The largest absolute Gasteiger partial charge is 0.476 e. The van der Waals surface area contributed by atoms with E-state index in [2.05, 4.69) is 25.9 Å². The van der Waals surface area contributed by atoms with Crippen LogP contribution in [0.2, 0.25) is 0 Å². The summed E-state index contributed by atoms with van der Waals surface area (Å²) in [6, 6.07) is 0. The van der Waals surface area contributed by atoms with Crippen molar-refractivity contribution in [3.63, 3.8) is 0 Å². The third kappa shape index (κ3) is 2.65. The summed E-state index contributed by atoms with van der Waals surface area (Å²) in [5, 5.41) is 8.31. The first-order valence-corrected chi connectivity index (χ1v) is 4.70. The molecule has 0 fully saturated rings. The second-order valence-corrected chi connectivity index (χ2v) is 3.05. The van der Waals surface area contributed by atoms with E-state index in [0.717, 1.165) is 6.20 Å². The second-order valence-electron chi connectivity index (χ2n) is 2.49. The highest BCUT2D eigenvalue weighted by atomic mass is 79.9. The summed E-state index contributed by atoms with van der Waals surface area (Å²) in [5.41, 5.74) is -2.35. The van der Waals surface area contributed by atoms with Crippen molar-refractivity contribution in [3.05, 3.63) is 23.3 Å². The maximum atomic E-state index is 12.4. The van der Waals surface area contributed by atoms with Gasteiger partial charge in [0.2, 0.25) is 0 Å². The fraction of sp³-hybridized carbons (Fsp3) is 0.286. The Morgan fingerprint density at radius 3 is 2.53 bits per heavy atom. The molecule has 0 spiro atoms. The van der Waals surface area contributed by atoms with Gasteiger partial charge in [0.05, 0.1) is 11.9 Å². The molecule has 15 heavy (non-hydrogen) atoms. The van der Waals surface area contributed by atoms with Crippen LogP contribution in [0.5, 0.6) is 0 Å². The third-order valence-electron chi connectivity index (χ3n) is 1.46. The Hall–Kier alpha value is -1.18. The van der Waals surface area contributed by atoms with E-state index in [-0.39, 0.29) is 11.0 Å². The summed E-state index contributed by atoms with van der Waals surface area (Å²) in [5.74, 6) is -1.55. The molecule has 1 aromatic heterocycles. The highest BCUT2D eigenvalue weighted by Gasteiger charge is 2.36. The Morgan fingerprint density at radius 2 is 2.13 bits per heavy atom. The van der Waals surface area contributed by atoms with E-state index in [1.807, 2.05) is 0 Å². The molecule has 8 heteroatoms. The van der Waals surface area contributed by atoms with Crippen molar-refractivity contribution in [1.29, 1.82) is 0 Å². The predicted octanol–water partition coefficient (Wildman–Crippen LogP) is 2.09. The molecule has 0 atom stereocenters. The number of nitrogens with zero attached hydrogens (tertiary/aromatic N) is 2. The number of aromatic nitrogens is 2. The lowest BCUT2D eigenvalue weighted by molar-refractivity contribution is -0.142. The van der Waals surface area contributed by atoms with E-state index >= 15 is 0 Å². The fourth-order valence-corrected chi connectivity index (χ4v) is 1.25. The summed E-state index contributed by atoms with van der Waals surface area (Å²) in [6.45, 7) is 0. The van der Waals surface area contributed by atoms with E-state index < -0.39 is 23.5 Å². The summed E-state index contributed by atoms with van der Waals surface area (Å²) < 4.78 is 37.1. The van der Waals surface area contributed by atoms with Gasteiger partial charge in [-0.2, -0.15) is 13.2 Å². The summed E-state index contributed by atoms with van der Waals surface area (Å²) in [6.07, 6.45) is -3.92. The number of rotatable bonds is 2. The Kier molecular flexibility index (Phi) is 3.28. The van der Waals surface area contributed by atoms with Crippen LogP contribution in [0.15, 0.2) is 6.20 Å². The zero-order chi connectivity index (χ0) is 11.6. The van der Waals surface area contributed by atoms with Crippen LogP contribution >= 0.6 is 15.9 Å². The standard InChI is InChI=1S/C7H4BrF3N2O2/c8-1-3-5(7(9,10)11)13-4(2-12-3)6(14)15/h2H,1H2,(H,14,15). The molecular formula is C7H4BrF3N2O2. The van der Waals surface area contributed by atoms with Gasteiger partial charge in [-0.25, -0.2) is 9.78 Å². The van der Waals surface area contributed by atoms with E-state index in [1.165, 1.54) is 0 Å². The third-order valence-corrected chi connectivity index (χ3v) is 1.99. The van der Waals surface area contributed by atoms with Gasteiger partial charge in [-0.05, 0) is 0 Å². The van der Waals surface area contributed by atoms with E-state index in [0.29, 0.717) is 0 Å². The van der Waals surface area contributed by atoms with Gasteiger partial charge >= 0.3 is 12.1 Å². The smallest absolute Gasteiger partial charge is 0.435 e. The average molecular weight is 285 g/mol. The fourth-order valence-electron chi connectivity index (χ4n) is 0.842. The molecule has 1 heterocycles. The number of carboxylic acids is 1. The van der Waals surface area contributed by atoms with Crippen LogP contribution in [-0.2, 0) is 11.5 Å². The van der Waals surface area contributed by atoms with E-state index in [4.69, 9.17) is 5.11 Å². The quantitative estimate of drug-likeness (QED) is 0.845. The molecule has 1 rings (SSSR count). The number of carboxylic acid groups (broad SMARTS) is 1. The maximum absolute atomic E-state index is 12.4. The number of hydrogen-bond donors (Lipinski definition) is 1. The molecule has 1 aromatic rings. The van der Waals surface area contributed by atoms with Gasteiger partial charge in [0, 0.05) is 5.33 Å². The van der Waals surface area contributed by atoms with Gasteiger partial charge in [0.25, 0.3) is 0 Å². The molecule has 4 nitrogen and oxygen atoms in total. The molecule has 0 saturated heterocycles. The molecule has 0 aromatic carbocycles. The van der Waals surface area contributed by atoms with Gasteiger partial charge in [0.15, 0.2) is 11.4 Å². The van der Waals surface area contributed by atoms with Crippen LogP contribution in [0.3, 0.4) is 0 Å². The maximum Gasteiger partial charge on any atom is 0.435 e. The number of halogens is 4. The van der Waals surface area contributed by atoms with Gasteiger partial charge in [-0.15, -0.1) is 0 Å². The first-order chi connectivity index (χ1) is 6.86. The van der Waals surface area contributed by atoms with Crippen LogP contribution in [0.4, 0.5) is 13.2 Å². The van der Waals surface area contributed by atoms with Crippen LogP contribution in [0.25, 0.3) is 0 Å². The van der Waals surface area contributed by atoms with Gasteiger partial charge < -0.3 is 5.11 Å². The molecule has 1 N–H and O–H groups in total. The van der Waals surface area contributed by atoms with Gasteiger partial charge in [0.1, 0.15) is 0 Å². The minimum atomic E-state index is -4.71. The monoisotopic (exact) mass is 284 g/mol.